The predicted octanol–water partition coefficient (Wildman–Crippen LogP) is 4.12. The molecule has 1 amide bonds. The van der Waals surface area contributed by atoms with Crippen LogP contribution in [0, 0.1) is 5.92 Å². The highest BCUT2D eigenvalue weighted by atomic mass is 35.5. The van der Waals surface area contributed by atoms with Crippen LogP contribution in [0.25, 0.3) is 11.1 Å². The largest absolute Gasteiger partial charge is 0.495 e. The van der Waals surface area contributed by atoms with Crippen LogP contribution in [-0.2, 0) is 4.79 Å². The molecular weight excluding hydrogens is 415 g/mol. The Labute approximate surface area is 181 Å². The van der Waals surface area contributed by atoms with Crippen molar-refractivity contribution in [1.29, 1.82) is 0 Å². The zero-order valence-electron chi connectivity index (χ0n) is 16.0. The maximum Gasteiger partial charge on any atom is 0.298 e. The van der Waals surface area contributed by atoms with Crippen LogP contribution in [0.1, 0.15) is 12.8 Å². The number of nitrogens with two attached hydrogens (primary N) is 1. The molecule has 0 aliphatic carbocycles. The third kappa shape index (κ3) is 4.86. The van der Waals surface area contributed by atoms with Gasteiger partial charge in [0.25, 0.3) is 6.01 Å². The third-order valence-corrected chi connectivity index (χ3v) is 4.92. The zero-order valence-corrected chi connectivity index (χ0v) is 17.6. The SMILES string of the molecule is COc1ccc(NC(=O)C2CCN(c3nc4ccccc4o3)CC2)cc1N.Cl.Cl. The molecule has 1 aliphatic heterocycles. The smallest absolute Gasteiger partial charge is 0.298 e. The number of halogens is 2. The summed E-state index contributed by atoms with van der Waals surface area (Å²) in [5.41, 5.74) is 8.71. The highest BCUT2D eigenvalue weighted by Gasteiger charge is 2.27. The second-order valence-corrected chi connectivity index (χ2v) is 6.67. The summed E-state index contributed by atoms with van der Waals surface area (Å²) in [5.74, 6) is 0.561. The number of para-hydroxylation sites is 2. The molecule has 1 aromatic heterocycles. The van der Waals surface area contributed by atoms with E-state index in [9.17, 15) is 4.79 Å². The Bertz CT molecular complexity index is 938. The van der Waals surface area contributed by atoms with Crippen molar-refractivity contribution in [3.8, 4) is 5.75 Å². The molecule has 0 saturated carbocycles. The number of methoxy groups -OCH3 is 1. The topological polar surface area (TPSA) is 93.6 Å². The Morgan fingerprint density at radius 1 is 1.21 bits per heavy atom. The summed E-state index contributed by atoms with van der Waals surface area (Å²) in [4.78, 5) is 19.2. The van der Waals surface area contributed by atoms with Crippen molar-refractivity contribution in [1.82, 2.24) is 4.98 Å². The molecule has 0 bridgehead atoms. The Hall–Kier alpha value is -2.64. The standard InChI is InChI=1S/C20H22N4O3.2ClH/c1-26-17-7-6-14(12-15(17)21)22-19(25)13-8-10-24(11-9-13)20-23-16-4-2-3-5-18(16)27-20;;/h2-7,12-13H,8-11,21H2,1H3,(H,22,25);2*1H. The molecule has 156 valence electrons. The first-order valence-electron chi connectivity index (χ1n) is 8.99. The number of piperidine rings is 1. The average molecular weight is 439 g/mol. The predicted molar refractivity (Wildman–Crippen MR) is 119 cm³/mol. The van der Waals surface area contributed by atoms with Gasteiger partial charge in [-0.1, -0.05) is 12.1 Å². The number of aromatic nitrogens is 1. The molecule has 1 saturated heterocycles. The minimum absolute atomic E-state index is 0. The highest BCUT2D eigenvalue weighted by molar-refractivity contribution is 5.93. The number of nitrogens with zero attached hydrogens (tertiary/aromatic N) is 2. The number of oxazole rings is 1. The molecule has 4 rings (SSSR count). The molecule has 1 aliphatic rings. The lowest BCUT2D eigenvalue weighted by molar-refractivity contribution is -0.120. The summed E-state index contributed by atoms with van der Waals surface area (Å²) in [6.07, 6.45) is 1.49. The third-order valence-electron chi connectivity index (χ3n) is 4.92. The number of benzene rings is 2. The molecule has 1 fully saturated rings. The number of amides is 1. The summed E-state index contributed by atoms with van der Waals surface area (Å²) < 4.78 is 11.0. The number of rotatable bonds is 4. The Kier molecular flexibility index (Phi) is 7.59. The number of ether oxygens (including phenoxy) is 1. The molecule has 0 unspecified atom stereocenters. The fraction of sp³-hybridized carbons (Fsp3) is 0.300. The normalized spacial score (nSPS) is 14.0. The Balaban J connectivity index is 0.00000150. The molecule has 7 nitrogen and oxygen atoms in total. The quantitative estimate of drug-likeness (QED) is 0.594. The zero-order chi connectivity index (χ0) is 18.8. The second-order valence-electron chi connectivity index (χ2n) is 6.67. The van der Waals surface area contributed by atoms with Crippen LogP contribution in [0.15, 0.2) is 46.9 Å². The van der Waals surface area contributed by atoms with Crippen LogP contribution in [0.5, 0.6) is 5.75 Å². The van der Waals surface area contributed by atoms with Crippen molar-refractivity contribution in [2.45, 2.75) is 12.8 Å². The van der Waals surface area contributed by atoms with Crippen LogP contribution in [0.3, 0.4) is 0 Å². The van der Waals surface area contributed by atoms with E-state index in [0.717, 1.165) is 37.0 Å². The van der Waals surface area contributed by atoms with Gasteiger partial charge in [-0.2, -0.15) is 4.98 Å². The van der Waals surface area contributed by atoms with Gasteiger partial charge >= 0.3 is 0 Å². The molecule has 0 atom stereocenters. The first kappa shape index (κ1) is 22.6. The molecule has 3 aromatic rings. The number of carbonyl (C=O) groups excluding carboxylic acids is 1. The van der Waals surface area contributed by atoms with Crippen molar-refractivity contribution in [3.63, 3.8) is 0 Å². The van der Waals surface area contributed by atoms with Crippen molar-refractivity contribution in [2.75, 3.05) is 36.1 Å². The number of anilines is 3. The van der Waals surface area contributed by atoms with Gasteiger partial charge in [-0.3, -0.25) is 4.79 Å². The molecule has 29 heavy (non-hydrogen) atoms. The number of nitrogen functional groups attached to an aromatic ring is 1. The van der Waals surface area contributed by atoms with Crippen LogP contribution in [0.4, 0.5) is 17.4 Å². The van der Waals surface area contributed by atoms with Gasteiger partial charge in [0.05, 0.1) is 12.8 Å². The highest BCUT2D eigenvalue weighted by Crippen LogP contribution is 2.28. The fourth-order valence-electron chi connectivity index (χ4n) is 3.38. The van der Waals surface area contributed by atoms with Crippen LogP contribution >= 0.6 is 24.8 Å². The van der Waals surface area contributed by atoms with Gasteiger partial charge < -0.3 is 25.1 Å². The van der Waals surface area contributed by atoms with Crippen LogP contribution in [0.2, 0.25) is 0 Å². The monoisotopic (exact) mass is 438 g/mol. The molecule has 2 aromatic carbocycles. The molecule has 3 N–H and O–H groups in total. The maximum atomic E-state index is 12.6. The van der Waals surface area contributed by atoms with Gasteiger partial charge in [0, 0.05) is 24.7 Å². The van der Waals surface area contributed by atoms with Crippen molar-refractivity contribution < 1.29 is 13.9 Å². The van der Waals surface area contributed by atoms with E-state index in [0.29, 0.717) is 23.1 Å². The van der Waals surface area contributed by atoms with E-state index in [1.807, 2.05) is 24.3 Å². The number of hydrogen-bond acceptors (Lipinski definition) is 6. The van der Waals surface area contributed by atoms with Crippen molar-refractivity contribution >= 4 is 59.2 Å². The van der Waals surface area contributed by atoms with Gasteiger partial charge in [0.1, 0.15) is 11.3 Å². The van der Waals surface area contributed by atoms with E-state index in [2.05, 4.69) is 15.2 Å². The summed E-state index contributed by atoms with van der Waals surface area (Å²) in [7, 11) is 1.56. The second kappa shape index (κ2) is 9.71. The van der Waals surface area contributed by atoms with E-state index in [-0.39, 0.29) is 36.6 Å². The number of nitrogens with one attached hydrogen (secondary N) is 1. The Morgan fingerprint density at radius 2 is 1.93 bits per heavy atom. The molecule has 0 spiro atoms. The first-order valence-corrected chi connectivity index (χ1v) is 8.99. The van der Waals surface area contributed by atoms with Gasteiger partial charge in [-0.25, -0.2) is 0 Å². The average Bonchev–Trinajstić information content (AvgIpc) is 3.12. The lowest BCUT2D eigenvalue weighted by atomic mass is 9.96. The van der Waals surface area contributed by atoms with Gasteiger partial charge in [-0.15, -0.1) is 24.8 Å². The fourth-order valence-corrected chi connectivity index (χ4v) is 3.38. The molecular formula is C20H24Cl2N4O3. The van der Waals surface area contributed by atoms with E-state index in [4.69, 9.17) is 14.9 Å². The van der Waals surface area contributed by atoms with Crippen molar-refractivity contribution in [2.24, 2.45) is 5.92 Å². The maximum absolute atomic E-state index is 12.6. The number of hydrogen-bond donors (Lipinski definition) is 2. The van der Waals surface area contributed by atoms with E-state index in [1.54, 1.807) is 25.3 Å². The van der Waals surface area contributed by atoms with Gasteiger partial charge in [-0.05, 0) is 43.2 Å². The van der Waals surface area contributed by atoms with E-state index < -0.39 is 0 Å². The minimum Gasteiger partial charge on any atom is -0.495 e. The lowest BCUT2D eigenvalue weighted by Gasteiger charge is -2.30. The lowest BCUT2D eigenvalue weighted by Crippen LogP contribution is -2.38. The minimum atomic E-state index is -0.0473. The summed E-state index contributed by atoms with van der Waals surface area (Å²) in [5, 5.41) is 2.95. The molecule has 2 heterocycles. The summed E-state index contributed by atoms with van der Waals surface area (Å²) >= 11 is 0. The number of carbonyl (C=O) groups is 1. The van der Waals surface area contributed by atoms with Crippen molar-refractivity contribution in [3.05, 3.63) is 42.5 Å². The molecule has 0 radical (unpaired) electrons. The van der Waals surface area contributed by atoms with Gasteiger partial charge in [0.2, 0.25) is 5.91 Å². The Morgan fingerprint density at radius 3 is 2.59 bits per heavy atom. The van der Waals surface area contributed by atoms with E-state index in [1.165, 1.54) is 0 Å². The first-order chi connectivity index (χ1) is 13.1. The van der Waals surface area contributed by atoms with Gasteiger partial charge in [0.15, 0.2) is 5.58 Å². The van der Waals surface area contributed by atoms with Crippen LogP contribution < -0.4 is 20.7 Å². The summed E-state index contributed by atoms with van der Waals surface area (Å²) in [6, 6.07) is 13.6. The van der Waals surface area contributed by atoms with Crippen LogP contribution in [-0.4, -0.2) is 31.1 Å². The summed E-state index contributed by atoms with van der Waals surface area (Å²) in [6.45, 7) is 1.46. The van der Waals surface area contributed by atoms with E-state index >= 15 is 0 Å². The number of fused-ring (bicyclic) bond motifs is 1. The molecule has 9 heteroatoms.